The topological polar surface area (TPSA) is 94.0 Å². The van der Waals surface area contributed by atoms with Crippen molar-refractivity contribution in [2.24, 2.45) is 4.99 Å². The maximum Gasteiger partial charge on any atom is 0.214 e. The van der Waals surface area contributed by atoms with Crippen molar-refractivity contribution in [3.63, 3.8) is 0 Å². The molecule has 2 heterocycles. The second-order valence-electron chi connectivity index (χ2n) is 5.98. The van der Waals surface area contributed by atoms with Crippen molar-refractivity contribution in [3.8, 4) is 0 Å². The fourth-order valence-electron chi connectivity index (χ4n) is 2.48. The van der Waals surface area contributed by atoms with Crippen LogP contribution in [0.5, 0.6) is 0 Å². The quantitative estimate of drug-likeness (QED) is 0.479. The Balaban J connectivity index is 1.89. The summed E-state index contributed by atoms with van der Waals surface area (Å²) in [7, 11) is -3.07. The molecule has 3 N–H and O–H groups in total. The van der Waals surface area contributed by atoms with Gasteiger partial charge in [-0.3, -0.25) is 0 Å². The van der Waals surface area contributed by atoms with E-state index in [9.17, 15) is 13.5 Å². The predicted octanol–water partition coefficient (Wildman–Crippen LogP) is 0.546. The molecule has 9 heteroatoms. The summed E-state index contributed by atoms with van der Waals surface area (Å²) in [6.45, 7) is 6.09. The molecule has 24 heavy (non-hydrogen) atoms. The monoisotopic (exact) mass is 374 g/mol. The number of hydrogen-bond acceptors (Lipinski definition) is 5. The first-order valence-corrected chi connectivity index (χ1v) is 10.7. The lowest BCUT2D eigenvalue weighted by Crippen LogP contribution is -2.42. The van der Waals surface area contributed by atoms with Crippen LogP contribution in [0.1, 0.15) is 25.8 Å². The lowest BCUT2D eigenvalue weighted by atomic mass is 10.00. The molecule has 136 valence electrons. The van der Waals surface area contributed by atoms with Gasteiger partial charge in [0.2, 0.25) is 10.0 Å². The summed E-state index contributed by atoms with van der Waals surface area (Å²) >= 11 is 1.54. The predicted molar refractivity (Wildman–Crippen MR) is 97.8 cm³/mol. The maximum absolute atomic E-state index is 11.8. The van der Waals surface area contributed by atoms with E-state index in [0.717, 1.165) is 5.56 Å². The molecular weight excluding hydrogens is 348 g/mol. The van der Waals surface area contributed by atoms with Crippen LogP contribution in [0, 0.1) is 0 Å². The van der Waals surface area contributed by atoms with Crippen molar-refractivity contribution >= 4 is 27.3 Å². The van der Waals surface area contributed by atoms with Gasteiger partial charge in [-0.1, -0.05) is 0 Å². The van der Waals surface area contributed by atoms with Crippen LogP contribution in [0.3, 0.4) is 0 Å². The Kier molecular flexibility index (Phi) is 6.62. The minimum atomic E-state index is -3.07. The van der Waals surface area contributed by atoms with Crippen molar-refractivity contribution < 1.29 is 13.5 Å². The number of guanidine groups is 1. The first kappa shape index (κ1) is 19.2. The van der Waals surface area contributed by atoms with E-state index in [0.29, 0.717) is 38.6 Å². The number of aliphatic hydroxyl groups is 1. The number of hydrogen-bond donors (Lipinski definition) is 3. The summed E-state index contributed by atoms with van der Waals surface area (Å²) in [6.07, 6.45) is 0.694. The van der Waals surface area contributed by atoms with Gasteiger partial charge in [0, 0.05) is 26.2 Å². The fraction of sp³-hybridized carbons (Fsp3) is 0.667. The Bertz CT molecular complexity index is 642. The van der Waals surface area contributed by atoms with Crippen LogP contribution in [-0.2, 0) is 15.6 Å². The Labute approximate surface area is 147 Å². The molecule has 1 aromatic heterocycles. The highest BCUT2D eigenvalue weighted by Gasteiger charge is 2.27. The first-order chi connectivity index (χ1) is 11.3. The highest BCUT2D eigenvalue weighted by atomic mass is 32.2. The Morgan fingerprint density at radius 2 is 2.29 bits per heavy atom. The summed E-state index contributed by atoms with van der Waals surface area (Å²) in [4.78, 5) is 4.42. The Morgan fingerprint density at radius 3 is 2.88 bits per heavy atom. The second kappa shape index (κ2) is 8.28. The number of rotatable bonds is 7. The third kappa shape index (κ3) is 5.17. The van der Waals surface area contributed by atoms with E-state index in [4.69, 9.17) is 0 Å². The third-order valence-electron chi connectivity index (χ3n) is 3.89. The van der Waals surface area contributed by atoms with Crippen LogP contribution >= 0.6 is 11.3 Å². The first-order valence-electron chi connectivity index (χ1n) is 8.10. The number of nitrogens with one attached hydrogen (secondary N) is 2. The highest BCUT2D eigenvalue weighted by molar-refractivity contribution is 7.89. The zero-order valence-corrected chi connectivity index (χ0v) is 15.8. The second-order valence-corrected chi connectivity index (χ2v) is 8.84. The van der Waals surface area contributed by atoms with Crippen LogP contribution in [-0.4, -0.2) is 62.3 Å². The van der Waals surface area contributed by atoms with Crippen LogP contribution in [0.15, 0.2) is 21.8 Å². The van der Waals surface area contributed by atoms with Crippen molar-refractivity contribution in [2.45, 2.75) is 25.9 Å². The molecule has 1 unspecified atom stereocenters. The molecule has 1 fully saturated rings. The molecule has 1 saturated heterocycles. The molecule has 7 nitrogen and oxygen atoms in total. The minimum absolute atomic E-state index is 0.223. The molecule has 0 spiro atoms. The van der Waals surface area contributed by atoms with Crippen molar-refractivity contribution in [2.75, 3.05) is 38.5 Å². The van der Waals surface area contributed by atoms with Crippen LogP contribution < -0.4 is 10.6 Å². The molecule has 0 bridgehead atoms. The van der Waals surface area contributed by atoms with Crippen LogP contribution in [0.2, 0.25) is 0 Å². The van der Waals surface area contributed by atoms with Gasteiger partial charge in [0.15, 0.2) is 5.96 Å². The van der Waals surface area contributed by atoms with Gasteiger partial charge in [-0.2, -0.15) is 11.3 Å². The van der Waals surface area contributed by atoms with Gasteiger partial charge in [0.25, 0.3) is 0 Å². The van der Waals surface area contributed by atoms with E-state index >= 15 is 0 Å². The molecule has 0 aliphatic carbocycles. The number of aliphatic imine (C=N–C) groups is 1. The molecule has 1 atom stereocenters. The summed E-state index contributed by atoms with van der Waals surface area (Å²) < 4.78 is 25.0. The van der Waals surface area contributed by atoms with Gasteiger partial charge in [0.05, 0.1) is 12.3 Å². The van der Waals surface area contributed by atoms with E-state index in [-0.39, 0.29) is 12.3 Å². The average molecular weight is 375 g/mol. The summed E-state index contributed by atoms with van der Waals surface area (Å²) in [6, 6.07) is 1.89. The molecule has 1 aliphatic heterocycles. The van der Waals surface area contributed by atoms with E-state index < -0.39 is 15.6 Å². The SMILES string of the molecule is CCNC(=NCC(C)(O)c1ccsc1)NCCN1CCCS1(=O)=O. The largest absolute Gasteiger partial charge is 0.383 e. The van der Waals surface area contributed by atoms with Gasteiger partial charge in [-0.05, 0) is 42.7 Å². The molecular formula is C15H26N4O3S2. The standard InChI is InChI=1S/C15H26N4O3S2/c1-3-16-14(17-6-8-19-7-4-10-24(19,21)22)18-12-15(2,20)13-5-9-23-11-13/h5,9,11,20H,3-4,6-8,10,12H2,1-2H3,(H2,16,17,18). The average Bonchev–Trinajstić information content (AvgIpc) is 3.15. The summed E-state index contributed by atoms with van der Waals surface area (Å²) in [5, 5.41) is 20.6. The number of nitrogens with zero attached hydrogens (tertiary/aromatic N) is 2. The van der Waals surface area contributed by atoms with Gasteiger partial charge in [-0.15, -0.1) is 0 Å². The highest BCUT2D eigenvalue weighted by Crippen LogP contribution is 2.23. The van der Waals surface area contributed by atoms with Gasteiger partial charge in [0.1, 0.15) is 5.60 Å². The van der Waals surface area contributed by atoms with Crippen LogP contribution in [0.25, 0.3) is 0 Å². The molecule has 1 aliphatic rings. The van der Waals surface area contributed by atoms with E-state index in [1.54, 1.807) is 6.92 Å². The van der Waals surface area contributed by atoms with Crippen molar-refractivity contribution in [1.82, 2.24) is 14.9 Å². The molecule has 1 aromatic rings. The van der Waals surface area contributed by atoms with E-state index in [1.807, 2.05) is 23.8 Å². The normalized spacial score (nSPS) is 20.7. The van der Waals surface area contributed by atoms with E-state index in [1.165, 1.54) is 15.6 Å². The van der Waals surface area contributed by atoms with E-state index in [2.05, 4.69) is 15.6 Å². The Morgan fingerprint density at radius 1 is 1.50 bits per heavy atom. The zero-order valence-electron chi connectivity index (χ0n) is 14.2. The fourth-order valence-corrected chi connectivity index (χ4v) is 4.79. The smallest absolute Gasteiger partial charge is 0.214 e. The lowest BCUT2D eigenvalue weighted by molar-refractivity contribution is 0.0677. The molecule has 0 aromatic carbocycles. The van der Waals surface area contributed by atoms with Crippen molar-refractivity contribution in [1.29, 1.82) is 0 Å². The molecule has 0 saturated carbocycles. The van der Waals surface area contributed by atoms with Gasteiger partial charge >= 0.3 is 0 Å². The summed E-state index contributed by atoms with van der Waals surface area (Å²) in [5.41, 5.74) is -0.184. The minimum Gasteiger partial charge on any atom is -0.383 e. The van der Waals surface area contributed by atoms with Crippen LogP contribution in [0.4, 0.5) is 0 Å². The summed E-state index contributed by atoms with van der Waals surface area (Å²) in [5.74, 6) is 0.814. The van der Waals surface area contributed by atoms with Gasteiger partial charge in [-0.25, -0.2) is 17.7 Å². The zero-order chi connectivity index (χ0) is 17.6. The van der Waals surface area contributed by atoms with Crippen molar-refractivity contribution in [3.05, 3.63) is 22.4 Å². The number of thiophene rings is 1. The molecule has 2 rings (SSSR count). The maximum atomic E-state index is 11.8. The third-order valence-corrected chi connectivity index (χ3v) is 6.53. The molecule has 0 amide bonds. The molecule has 0 radical (unpaired) electrons. The Hall–Kier alpha value is -1.16. The lowest BCUT2D eigenvalue weighted by Gasteiger charge is -2.21. The van der Waals surface area contributed by atoms with Gasteiger partial charge < -0.3 is 15.7 Å². The number of sulfonamides is 1.